The molecule has 1 heterocycles. The Morgan fingerprint density at radius 2 is 1.85 bits per heavy atom. The SMILES string of the molecule is CCCCC(OC(=O)CCNC(=O)NC12CC3CC(CC(C3)C1)C2)C(=O)Nc1cc(C)on1. The molecule has 0 spiro atoms. The number of hydrogen-bond donors (Lipinski definition) is 3. The monoisotopic (exact) mass is 460 g/mol. The first-order valence-corrected chi connectivity index (χ1v) is 12.3. The molecule has 4 aliphatic rings. The fourth-order valence-corrected chi connectivity index (χ4v) is 6.31. The van der Waals surface area contributed by atoms with Crippen LogP contribution in [-0.4, -0.2) is 41.3 Å². The second-order valence-corrected chi connectivity index (χ2v) is 10.3. The molecule has 0 radical (unpaired) electrons. The van der Waals surface area contributed by atoms with Crippen LogP contribution in [0.2, 0.25) is 0 Å². The molecule has 1 aromatic heterocycles. The fourth-order valence-electron chi connectivity index (χ4n) is 6.31. The molecule has 9 nitrogen and oxygen atoms in total. The van der Waals surface area contributed by atoms with Gasteiger partial charge in [0.15, 0.2) is 11.9 Å². The largest absolute Gasteiger partial charge is 0.452 e. The average molecular weight is 461 g/mol. The molecule has 33 heavy (non-hydrogen) atoms. The van der Waals surface area contributed by atoms with Gasteiger partial charge in [-0.3, -0.25) is 9.59 Å². The van der Waals surface area contributed by atoms with Gasteiger partial charge in [0.1, 0.15) is 5.76 Å². The molecule has 1 aromatic rings. The van der Waals surface area contributed by atoms with E-state index in [1.807, 2.05) is 6.92 Å². The number of rotatable bonds is 10. The fraction of sp³-hybridized carbons (Fsp3) is 0.750. The Balaban J connectivity index is 1.21. The van der Waals surface area contributed by atoms with Crippen LogP contribution >= 0.6 is 0 Å². The molecule has 3 amide bonds. The van der Waals surface area contributed by atoms with E-state index >= 15 is 0 Å². The predicted octanol–water partition coefficient (Wildman–Crippen LogP) is 3.68. The maximum atomic E-state index is 12.5. The van der Waals surface area contributed by atoms with Crippen molar-refractivity contribution in [1.82, 2.24) is 15.8 Å². The molecule has 5 rings (SSSR count). The summed E-state index contributed by atoms with van der Waals surface area (Å²) in [5.41, 5.74) is -0.0673. The minimum absolute atomic E-state index is 0.00721. The van der Waals surface area contributed by atoms with Crippen LogP contribution in [0, 0.1) is 24.7 Å². The lowest BCUT2D eigenvalue weighted by atomic mass is 9.53. The number of nitrogens with one attached hydrogen (secondary N) is 3. The molecule has 3 N–H and O–H groups in total. The van der Waals surface area contributed by atoms with Crippen LogP contribution in [0.15, 0.2) is 10.6 Å². The van der Waals surface area contributed by atoms with E-state index in [0.29, 0.717) is 12.2 Å². The van der Waals surface area contributed by atoms with Gasteiger partial charge < -0.3 is 25.2 Å². The summed E-state index contributed by atoms with van der Waals surface area (Å²) >= 11 is 0. The van der Waals surface area contributed by atoms with Crippen molar-refractivity contribution < 1.29 is 23.6 Å². The standard InChI is InChI=1S/C24H36N4O5/c1-3-4-5-19(22(30)26-20-8-15(2)33-28-20)32-21(29)6-7-25-23(31)27-24-12-16-9-17(13-24)11-18(10-16)14-24/h8,16-19H,3-7,9-14H2,1-2H3,(H2,25,27,31)(H,26,28,30). The van der Waals surface area contributed by atoms with E-state index in [0.717, 1.165) is 49.9 Å². The predicted molar refractivity (Wildman–Crippen MR) is 121 cm³/mol. The second-order valence-electron chi connectivity index (χ2n) is 10.3. The molecule has 4 bridgehead atoms. The molecule has 1 atom stereocenters. The van der Waals surface area contributed by atoms with Gasteiger partial charge in [0, 0.05) is 18.2 Å². The number of anilines is 1. The molecule has 0 aromatic carbocycles. The third-order valence-corrected chi connectivity index (χ3v) is 7.30. The number of hydrogen-bond acceptors (Lipinski definition) is 6. The van der Waals surface area contributed by atoms with Crippen molar-refractivity contribution in [2.45, 2.75) is 89.7 Å². The minimum Gasteiger partial charge on any atom is -0.452 e. The summed E-state index contributed by atoms with van der Waals surface area (Å²) in [7, 11) is 0. The van der Waals surface area contributed by atoms with Gasteiger partial charge in [-0.2, -0.15) is 0 Å². The highest BCUT2D eigenvalue weighted by Gasteiger charge is 2.51. The Morgan fingerprint density at radius 3 is 2.42 bits per heavy atom. The summed E-state index contributed by atoms with van der Waals surface area (Å²) in [5, 5.41) is 12.4. The summed E-state index contributed by atoms with van der Waals surface area (Å²) in [4.78, 5) is 37.4. The second kappa shape index (κ2) is 10.1. The van der Waals surface area contributed by atoms with Crippen LogP contribution in [0.4, 0.5) is 10.6 Å². The minimum atomic E-state index is -0.907. The molecular formula is C24H36N4O5. The van der Waals surface area contributed by atoms with Crippen molar-refractivity contribution in [1.29, 1.82) is 0 Å². The average Bonchev–Trinajstić information content (AvgIpc) is 3.14. The van der Waals surface area contributed by atoms with Gasteiger partial charge in [-0.25, -0.2) is 4.79 Å². The van der Waals surface area contributed by atoms with Crippen molar-refractivity contribution >= 4 is 23.7 Å². The van der Waals surface area contributed by atoms with E-state index in [9.17, 15) is 14.4 Å². The van der Waals surface area contributed by atoms with Gasteiger partial charge in [-0.05, 0) is 76.0 Å². The summed E-state index contributed by atoms with van der Waals surface area (Å²) in [5.74, 6) is 2.16. The van der Waals surface area contributed by atoms with E-state index in [2.05, 4.69) is 21.1 Å². The van der Waals surface area contributed by atoms with E-state index < -0.39 is 18.0 Å². The highest BCUT2D eigenvalue weighted by Crippen LogP contribution is 2.55. The number of aromatic nitrogens is 1. The number of ether oxygens (including phenoxy) is 1. The Morgan fingerprint density at radius 1 is 1.18 bits per heavy atom. The van der Waals surface area contributed by atoms with Crippen LogP contribution in [0.1, 0.15) is 76.9 Å². The lowest BCUT2D eigenvalue weighted by molar-refractivity contribution is -0.154. The summed E-state index contributed by atoms with van der Waals surface area (Å²) in [6, 6.07) is 1.38. The number of unbranched alkanes of at least 4 members (excludes halogenated alkanes) is 1. The molecule has 1 unspecified atom stereocenters. The van der Waals surface area contributed by atoms with Gasteiger partial charge in [0.2, 0.25) is 0 Å². The maximum absolute atomic E-state index is 12.5. The summed E-state index contributed by atoms with van der Waals surface area (Å²) in [6.07, 6.45) is 8.32. The van der Waals surface area contributed by atoms with Gasteiger partial charge in [-0.15, -0.1) is 0 Å². The molecule has 0 aliphatic heterocycles. The van der Waals surface area contributed by atoms with Gasteiger partial charge in [-0.1, -0.05) is 18.5 Å². The van der Waals surface area contributed by atoms with Crippen LogP contribution in [0.25, 0.3) is 0 Å². The van der Waals surface area contributed by atoms with E-state index in [1.165, 1.54) is 19.3 Å². The zero-order chi connectivity index (χ0) is 23.4. The summed E-state index contributed by atoms with van der Waals surface area (Å²) < 4.78 is 10.4. The first-order valence-electron chi connectivity index (χ1n) is 12.3. The Kier molecular flexibility index (Phi) is 7.24. The van der Waals surface area contributed by atoms with Crippen molar-refractivity contribution in [3.63, 3.8) is 0 Å². The van der Waals surface area contributed by atoms with Crippen molar-refractivity contribution in [3.05, 3.63) is 11.8 Å². The highest BCUT2D eigenvalue weighted by atomic mass is 16.5. The Bertz CT molecular complexity index is 832. The number of amides is 3. The lowest BCUT2D eigenvalue weighted by Crippen LogP contribution is -2.61. The van der Waals surface area contributed by atoms with E-state index in [-0.39, 0.29) is 30.4 Å². The topological polar surface area (TPSA) is 123 Å². The van der Waals surface area contributed by atoms with E-state index in [4.69, 9.17) is 9.26 Å². The smallest absolute Gasteiger partial charge is 0.315 e. The quantitative estimate of drug-likeness (QED) is 0.458. The Hall–Kier alpha value is -2.58. The van der Waals surface area contributed by atoms with Gasteiger partial charge >= 0.3 is 12.0 Å². The molecule has 4 fully saturated rings. The zero-order valence-electron chi connectivity index (χ0n) is 19.7. The first-order chi connectivity index (χ1) is 15.8. The van der Waals surface area contributed by atoms with Crippen LogP contribution in [0.3, 0.4) is 0 Å². The highest BCUT2D eigenvalue weighted by molar-refractivity contribution is 5.94. The lowest BCUT2D eigenvalue weighted by Gasteiger charge is -2.56. The third kappa shape index (κ3) is 6.06. The number of urea groups is 1. The number of carbonyl (C=O) groups excluding carboxylic acids is 3. The number of nitrogens with zero attached hydrogens (tertiary/aromatic N) is 1. The van der Waals surface area contributed by atoms with Crippen LogP contribution in [0.5, 0.6) is 0 Å². The molecule has 4 aliphatic carbocycles. The first kappa shape index (κ1) is 23.6. The number of carbonyl (C=O) groups is 3. The number of esters is 1. The van der Waals surface area contributed by atoms with Crippen LogP contribution < -0.4 is 16.0 Å². The van der Waals surface area contributed by atoms with E-state index in [1.54, 1.807) is 13.0 Å². The normalized spacial score (nSPS) is 28.2. The van der Waals surface area contributed by atoms with Crippen molar-refractivity contribution in [2.24, 2.45) is 17.8 Å². The zero-order valence-corrected chi connectivity index (χ0v) is 19.7. The van der Waals surface area contributed by atoms with Gasteiger partial charge in [0.25, 0.3) is 5.91 Å². The van der Waals surface area contributed by atoms with Gasteiger partial charge in [0.05, 0.1) is 6.42 Å². The molecule has 182 valence electrons. The van der Waals surface area contributed by atoms with Crippen LogP contribution in [-0.2, 0) is 14.3 Å². The Labute approximate surface area is 194 Å². The number of aryl methyl sites for hydroxylation is 1. The molecule has 4 saturated carbocycles. The molecule has 0 saturated heterocycles. The summed E-state index contributed by atoms with van der Waals surface area (Å²) in [6.45, 7) is 3.90. The molecular weight excluding hydrogens is 424 g/mol. The third-order valence-electron chi connectivity index (χ3n) is 7.30. The van der Waals surface area contributed by atoms with Crippen molar-refractivity contribution in [2.75, 3.05) is 11.9 Å². The molecule has 9 heteroatoms. The maximum Gasteiger partial charge on any atom is 0.315 e. The van der Waals surface area contributed by atoms with Crippen molar-refractivity contribution in [3.8, 4) is 0 Å².